The van der Waals surface area contributed by atoms with Crippen molar-refractivity contribution < 1.29 is 4.79 Å². The van der Waals surface area contributed by atoms with Gasteiger partial charge in [-0.1, -0.05) is 6.92 Å². The van der Waals surface area contributed by atoms with Gasteiger partial charge in [0, 0.05) is 38.5 Å². The van der Waals surface area contributed by atoms with Crippen LogP contribution < -0.4 is 0 Å². The summed E-state index contributed by atoms with van der Waals surface area (Å²) in [4.78, 5) is 15.8. The molecule has 1 saturated heterocycles. The minimum atomic E-state index is 0.276. The van der Waals surface area contributed by atoms with Crippen LogP contribution in [0.1, 0.15) is 19.8 Å². The molecule has 1 aliphatic heterocycles. The van der Waals surface area contributed by atoms with Crippen LogP contribution in [0.5, 0.6) is 0 Å². The Bertz CT molecular complexity index is 187. The molecule has 0 aromatic heterocycles. The summed E-state index contributed by atoms with van der Waals surface area (Å²) in [6, 6.07) is 0. The van der Waals surface area contributed by atoms with E-state index < -0.39 is 0 Å². The zero-order chi connectivity index (χ0) is 10.4. The number of hydrogen-bond donors (Lipinski definition) is 0. The molecule has 14 heavy (non-hydrogen) atoms. The normalized spacial score (nSPS) is 19.4. The van der Waals surface area contributed by atoms with Crippen molar-refractivity contribution in [3.05, 3.63) is 0 Å². The maximum atomic E-state index is 11.5. The molecule has 1 amide bonds. The van der Waals surface area contributed by atoms with Crippen LogP contribution in [-0.4, -0.2) is 54.3 Å². The van der Waals surface area contributed by atoms with Gasteiger partial charge in [0.1, 0.15) is 0 Å². The second kappa shape index (κ2) is 6.25. The highest BCUT2D eigenvalue weighted by atomic mass is 35.5. The summed E-state index contributed by atoms with van der Waals surface area (Å²) in [5.41, 5.74) is 0. The molecule has 1 aliphatic rings. The van der Waals surface area contributed by atoms with Gasteiger partial charge in [0.15, 0.2) is 0 Å². The molecule has 0 spiro atoms. The number of alkyl halides is 1. The zero-order valence-electron chi connectivity index (χ0n) is 8.84. The molecule has 82 valence electrons. The minimum Gasteiger partial charge on any atom is -0.341 e. The molecular formula is C10H19ClN2O. The molecule has 4 heteroatoms. The summed E-state index contributed by atoms with van der Waals surface area (Å²) in [7, 11) is 0. The van der Waals surface area contributed by atoms with Crippen molar-refractivity contribution in [1.29, 1.82) is 0 Å². The third-order valence-corrected chi connectivity index (χ3v) is 2.81. The Morgan fingerprint density at radius 2 is 2.07 bits per heavy atom. The molecule has 1 heterocycles. The number of halogens is 1. The van der Waals surface area contributed by atoms with E-state index in [2.05, 4.69) is 4.90 Å². The lowest BCUT2D eigenvalue weighted by molar-refractivity contribution is -0.130. The van der Waals surface area contributed by atoms with Crippen molar-refractivity contribution in [2.45, 2.75) is 19.8 Å². The predicted molar refractivity (Wildman–Crippen MR) is 58.6 cm³/mol. The van der Waals surface area contributed by atoms with Crippen molar-refractivity contribution in [2.75, 3.05) is 38.6 Å². The van der Waals surface area contributed by atoms with Crippen molar-refractivity contribution in [1.82, 2.24) is 9.80 Å². The summed E-state index contributed by atoms with van der Waals surface area (Å²) < 4.78 is 0. The van der Waals surface area contributed by atoms with Gasteiger partial charge in [0.2, 0.25) is 5.91 Å². The van der Waals surface area contributed by atoms with E-state index in [0.29, 0.717) is 12.3 Å². The lowest BCUT2D eigenvalue weighted by Crippen LogP contribution is -2.35. The van der Waals surface area contributed by atoms with Crippen molar-refractivity contribution in [3.8, 4) is 0 Å². The second-order valence-electron chi connectivity index (χ2n) is 3.62. The van der Waals surface area contributed by atoms with Gasteiger partial charge in [0.25, 0.3) is 0 Å². The van der Waals surface area contributed by atoms with Gasteiger partial charge in [-0.25, -0.2) is 0 Å². The molecule has 0 N–H and O–H groups in total. The summed E-state index contributed by atoms with van der Waals surface area (Å²) in [6.07, 6.45) is 1.69. The van der Waals surface area contributed by atoms with E-state index in [4.69, 9.17) is 11.6 Å². The summed E-state index contributed by atoms with van der Waals surface area (Å²) >= 11 is 5.69. The number of carbonyl (C=O) groups excluding carboxylic acids is 1. The van der Waals surface area contributed by atoms with Gasteiger partial charge in [-0.15, -0.1) is 11.6 Å². The van der Waals surface area contributed by atoms with Crippen molar-refractivity contribution in [2.24, 2.45) is 0 Å². The number of hydrogen-bond acceptors (Lipinski definition) is 2. The Kier molecular flexibility index (Phi) is 5.26. The van der Waals surface area contributed by atoms with E-state index in [1.54, 1.807) is 0 Å². The van der Waals surface area contributed by atoms with Crippen LogP contribution in [0.25, 0.3) is 0 Å². The van der Waals surface area contributed by atoms with Crippen molar-refractivity contribution in [3.63, 3.8) is 0 Å². The Balaban J connectivity index is 2.36. The maximum absolute atomic E-state index is 11.5. The van der Waals surface area contributed by atoms with Gasteiger partial charge in [-0.05, 0) is 13.0 Å². The van der Waals surface area contributed by atoms with Crippen LogP contribution in [0.4, 0.5) is 0 Å². The van der Waals surface area contributed by atoms with E-state index >= 15 is 0 Å². The summed E-state index contributed by atoms with van der Waals surface area (Å²) in [5.74, 6) is 0.958. The Hall–Kier alpha value is -0.280. The molecule has 0 bridgehead atoms. The Morgan fingerprint density at radius 1 is 1.29 bits per heavy atom. The lowest BCUT2D eigenvalue weighted by Gasteiger charge is -2.20. The van der Waals surface area contributed by atoms with Gasteiger partial charge in [-0.3, -0.25) is 4.79 Å². The average Bonchev–Trinajstić information content (AvgIpc) is 2.43. The van der Waals surface area contributed by atoms with Gasteiger partial charge in [-0.2, -0.15) is 0 Å². The van der Waals surface area contributed by atoms with Gasteiger partial charge < -0.3 is 9.80 Å². The van der Waals surface area contributed by atoms with Crippen LogP contribution in [-0.2, 0) is 4.79 Å². The highest BCUT2D eigenvalue weighted by molar-refractivity contribution is 6.18. The van der Waals surface area contributed by atoms with E-state index in [0.717, 1.165) is 39.1 Å². The first-order valence-corrected chi connectivity index (χ1v) is 5.87. The first kappa shape index (κ1) is 11.8. The fourth-order valence-electron chi connectivity index (χ4n) is 1.79. The molecule has 1 fully saturated rings. The Labute approximate surface area is 91.0 Å². The number of amides is 1. The molecule has 3 nitrogen and oxygen atoms in total. The highest BCUT2D eigenvalue weighted by Crippen LogP contribution is 2.04. The summed E-state index contributed by atoms with van der Waals surface area (Å²) in [6.45, 7) is 6.67. The number of carbonyl (C=O) groups is 1. The molecule has 0 saturated carbocycles. The second-order valence-corrected chi connectivity index (χ2v) is 4.00. The first-order chi connectivity index (χ1) is 6.77. The predicted octanol–water partition coefficient (Wildman–Crippen LogP) is 1.17. The average molecular weight is 219 g/mol. The molecule has 0 aromatic rings. The fraction of sp³-hybridized carbons (Fsp3) is 0.900. The smallest absolute Gasteiger partial charge is 0.222 e. The van der Waals surface area contributed by atoms with Gasteiger partial charge in [0.05, 0.1) is 0 Å². The topological polar surface area (TPSA) is 23.6 Å². The first-order valence-electron chi connectivity index (χ1n) is 5.34. The molecule has 0 unspecified atom stereocenters. The molecule has 0 aromatic carbocycles. The monoisotopic (exact) mass is 218 g/mol. The quantitative estimate of drug-likeness (QED) is 0.664. The molecular weight excluding hydrogens is 200 g/mol. The van der Waals surface area contributed by atoms with E-state index in [1.165, 1.54) is 0 Å². The highest BCUT2D eigenvalue weighted by Gasteiger charge is 2.16. The third-order valence-electron chi connectivity index (χ3n) is 2.64. The molecule has 0 atom stereocenters. The maximum Gasteiger partial charge on any atom is 0.222 e. The molecule has 0 aliphatic carbocycles. The standard InChI is InChI=1S/C10H19ClN2O/c1-2-10(14)13-6-3-5-12(7-4-11)8-9-13/h2-9H2,1H3. The Morgan fingerprint density at radius 3 is 2.71 bits per heavy atom. The van der Waals surface area contributed by atoms with Crippen LogP contribution >= 0.6 is 11.6 Å². The van der Waals surface area contributed by atoms with Crippen LogP contribution in [0.2, 0.25) is 0 Å². The van der Waals surface area contributed by atoms with E-state index in [1.807, 2.05) is 11.8 Å². The van der Waals surface area contributed by atoms with Crippen LogP contribution in [0.15, 0.2) is 0 Å². The third kappa shape index (κ3) is 3.46. The van der Waals surface area contributed by atoms with Gasteiger partial charge >= 0.3 is 0 Å². The number of nitrogens with zero attached hydrogens (tertiary/aromatic N) is 2. The van der Waals surface area contributed by atoms with E-state index in [-0.39, 0.29) is 5.91 Å². The van der Waals surface area contributed by atoms with Crippen LogP contribution in [0, 0.1) is 0 Å². The largest absolute Gasteiger partial charge is 0.341 e. The van der Waals surface area contributed by atoms with Crippen LogP contribution in [0.3, 0.4) is 0 Å². The molecule has 0 radical (unpaired) electrons. The van der Waals surface area contributed by atoms with Crippen molar-refractivity contribution >= 4 is 17.5 Å². The number of rotatable bonds is 3. The molecule has 1 rings (SSSR count). The summed E-state index contributed by atoms with van der Waals surface area (Å²) in [5, 5.41) is 0. The lowest BCUT2D eigenvalue weighted by atomic mass is 10.3. The van der Waals surface area contributed by atoms with E-state index in [9.17, 15) is 4.79 Å². The fourth-order valence-corrected chi connectivity index (χ4v) is 2.03. The zero-order valence-corrected chi connectivity index (χ0v) is 9.59. The SMILES string of the molecule is CCC(=O)N1CCCN(CCCl)CC1. The minimum absolute atomic E-state index is 0.276.